The Hall–Kier alpha value is -2.70. The number of aryl methyl sites for hydroxylation is 1. The molecule has 0 aliphatic carbocycles. The zero-order chi connectivity index (χ0) is 18.4. The molecule has 0 saturated heterocycles. The van der Waals surface area contributed by atoms with Crippen LogP contribution in [0.1, 0.15) is 24.7 Å². The molecule has 2 rings (SSSR count). The summed E-state index contributed by atoms with van der Waals surface area (Å²) in [5.41, 5.74) is 1.52. The second kappa shape index (κ2) is 8.41. The van der Waals surface area contributed by atoms with Gasteiger partial charge in [-0.3, -0.25) is 4.79 Å². The Morgan fingerprint density at radius 2 is 2.04 bits per heavy atom. The van der Waals surface area contributed by atoms with Crippen molar-refractivity contribution in [1.82, 2.24) is 15.3 Å². The van der Waals surface area contributed by atoms with E-state index >= 15 is 0 Å². The number of anilines is 1. The van der Waals surface area contributed by atoms with E-state index < -0.39 is 11.9 Å². The lowest BCUT2D eigenvalue weighted by Crippen LogP contribution is -2.38. The van der Waals surface area contributed by atoms with E-state index in [9.17, 15) is 9.18 Å². The van der Waals surface area contributed by atoms with Crippen molar-refractivity contribution in [3.63, 3.8) is 0 Å². The van der Waals surface area contributed by atoms with Crippen molar-refractivity contribution in [3.8, 4) is 5.75 Å². The van der Waals surface area contributed by atoms with Crippen LogP contribution in [-0.4, -0.2) is 36.1 Å². The number of amides is 1. The standard InChI is InChI=1S/C18H23FN4O2/c1-5-15(25-16-9-7-6-8-14(16)19)17(24)20-11-13-10-12(2)21-18(22-13)23(3)4/h6-10,15H,5,11H2,1-4H3,(H,20,24)/t15-/m0/s1. The SMILES string of the molecule is CC[C@H](Oc1ccccc1F)C(=O)NCc1cc(C)nc(N(C)C)n1. The molecule has 0 spiro atoms. The summed E-state index contributed by atoms with van der Waals surface area (Å²) in [7, 11) is 3.71. The molecule has 7 heteroatoms. The number of aromatic nitrogens is 2. The number of nitrogens with zero attached hydrogens (tertiary/aromatic N) is 3. The maximum absolute atomic E-state index is 13.7. The third kappa shape index (κ3) is 5.14. The molecule has 25 heavy (non-hydrogen) atoms. The molecule has 0 unspecified atom stereocenters. The summed E-state index contributed by atoms with van der Waals surface area (Å²) in [6.45, 7) is 3.93. The number of nitrogens with one attached hydrogen (secondary N) is 1. The number of hydrogen-bond acceptors (Lipinski definition) is 5. The molecule has 1 aromatic carbocycles. The molecule has 0 saturated carbocycles. The van der Waals surface area contributed by atoms with Crippen molar-refractivity contribution in [2.24, 2.45) is 0 Å². The van der Waals surface area contributed by atoms with Crippen LogP contribution in [0.25, 0.3) is 0 Å². The smallest absolute Gasteiger partial charge is 0.261 e. The Kier molecular flexibility index (Phi) is 6.27. The molecule has 1 atom stereocenters. The summed E-state index contributed by atoms with van der Waals surface area (Å²) >= 11 is 0. The number of carbonyl (C=O) groups excluding carboxylic acids is 1. The van der Waals surface area contributed by atoms with E-state index in [0.717, 1.165) is 5.69 Å². The second-order valence-electron chi connectivity index (χ2n) is 5.86. The van der Waals surface area contributed by atoms with E-state index in [2.05, 4.69) is 15.3 Å². The third-order valence-corrected chi connectivity index (χ3v) is 3.51. The number of hydrogen-bond donors (Lipinski definition) is 1. The molecule has 134 valence electrons. The Bertz CT molecular complexity index is 737. The molecule has 6 nitrogen and oxygen atoms in total. The average molecular weight is 346 g/mol. The van der Waals surface area contributed by atoms with Gasteiger partial charge in [0.1, 0.15) is 0 Å². The Labute approximate surface area is 147 Å². The van der Waals surface area contributed by atoms with Crippen molar-refractivity contribution in [1.29, 1.82) is 0 Å². The number of rotatable bonds is 7. The Morgan fingerprint density at radius 1 is 1.32 bits per heavy atom. The highest BCUT2D eigenvalue weighted by Crippen LogP contribution is 2.18. The minimum Gasteiger partial charge on any atom is -0.478 e. The van der Waals surface area contributed by atoms with Crippen molar-refractivity contribution >= 4 is 11.9 Å². The lowest BCUT2D eigenvalue weighted by molar-refractivity contribution is -0.128. The maximum Gasteiger partial charge on any atom is 0.261 e. The van der Waals surface area contributed by atoms with Crippen LogP contribution in [0.4, 0.5) is 10.3 Å². The fourth-order valence-electron chi connectivity index (χ4n) is 2.21. The molecule has 0 aliphatic rings. The van der Waals surface area contributed by atoms with Crippen molar-refractivity contribution < 1.29 is 13.9 Å². The quantitative estimate of drug-likeness (QED) is 0.834. The normalized spacial score (nSPS) is 11.7. The summed E-state index contributed by atoms with van der Waals surface area (Å²) in [5, 5.41) is 2.79. The molecular weight excluding hydrogens is 323 g/mol. The Balaban J connectivity index is 2.02. The topological polar surface area (TPSA) is 67.3 Å². The summed E-state index contributed by atoms with van der Waals surface area (Å²) in [6, 6.07) is 7.85. The van der Waals surface area contributed by atoms with E-state index in [-0.39, 0.29) is 18.2 Å². The van der Waals surface area contributed by atoms with E-state index in [1.54, 1.807) is 17.0 Å². The molecule has 1 N–H and O–H groups in total. The van der Waals surface area contributed by atoms with Crippen molar-refractivity contribution in [2.75, 3.05) is 19.0 Å². The summed E-state index contributed by atoms with van der Waals surface area (Å²) < 4.78 is 19.2. The van der Waals surface area contributed by atoms with Gasteiger partial charge in [-0.1, -0.05) is 19.1 Å². The highest BCUT2D eigenvalue weighted by Gasteiger charge is 2.19. The van der Waals surface area contributed by atoms with Crippen molar-refractivity contribution in [3.05, 3.63) is 47.5 Å². The van der Waals surface area contributed by atoms with Crippen LogP contribution in [-0.2, 0) is 11.3 Å². The summed E-state index contributed by atoms with van der Waals surface area (Å²) in [4.78, 5) is 22.9. The zero-order valence-corrected chi connectivity index (χ0v) is 14.9. The van der Waals surface area contributed by atoms with Gasteiger partial charge in [0.05, 0.1) is 12.2 Å². The van der Waals surface area contributed by atoms with Crippen LogP contribution in [0.2, 0.25) is 0 Å². The fourth-order valence-corrected chi connectivity index (χ4v) is 2.21. The van der Waals surface area contributed by atoms with Crippen LogP contribution >= 0.6 is 0 Å². The van der Waals surface area contributed by atoms with Gasteiger partial charge >= 0.3 is 0 Å². The lowest BCUT2D eigenvalue weighted by atomic mass is 10.2. The highest BCUT2D eigenvalue weighted by molar-refractivity contribution is 5.81. The first-order valence-corrected chi connectivity index (χ1v) is 8.11. The first kappa shape index (κ1) is 18.6. The second-order valence-corrected chi connectivity index (χ2v) is 5.86. The van der Waals surface area contributed by atoms with E-state index in [4.69, 9.17) is 4.74 Å². The molecule has 0 bridgehead atoms. The van der Waals surface area contributed by atoms with Gasteiger partial charge in [0.25, 0.3) is 5.91 Å². The van der Waals surface area contributed by atoms with Gasteiger partial charge in [0, 0.05) is 19.8 Å². The highest BCUT2D eigenvalue weighted by atomic mass is 19.1. The van der Waals surface area contributed by atoms with Crippen LogP contribution in [0.15, 0.2) is 30.3 Å². The molecule has 1 heterocycles. The van der Waals surface area contributed by atoms with Gasteiger partial charge in [0.15, 0.2) is 17.7 Å². The predicted octanol–water partition coefficient (Wildman–Crippen LogP) is 2.46. The minimum atomic E-state index is -0.770. The largest absolute Gasteiger partial charge is 0.478 e. The van der Waals surface area contributed by atoms with Gasteiger partial charge < -0.3 is 15.0 Å². The fraction of sp³-hybridized carbons (Fsp3) is 0.389. The maximum atomic E-state index is 13.7. The molecule has 0 fully saturated rings. The number of carbonyl (C=O) groups is 1. The van der Waals surface area contributed by atoms with Gasteiger partial charge in [-0.15, -0.1) is 0 Å². The van der Waals surface area contributed by atoms with Gasteiger partial charge in [-0.2, -0.15) is 0 Å². The van der Waals surface area contributed by atoms with Gasteiger partial charge in [0.2, 0.25) is 5.95 Å². The monoisotopic (exact) mass is 346 g/mol. The van der Waals surface area contributed by atoms with E-state index in [0.29, 0.717) is 18.1 Å². The first-order chi connectivity index (χ1) is 11.9. The predicted molar refractivity (Wildman–Crippen MR) is 94.0 cm³/mol. The summed E-state index contributed by atoms with van der Waals surface area (Å²) in [5.74, 6) is -0.152. The molecule has 0 aliphatic heterocycles. The average Bonchev–Trinajstić information content (AvgIpc) is 2.58. The molecular formula is C18H23FN4O2. The van der Waals surface area contributed by atoms with Crippen molar-refractivity contribution in [2.45, 2.75) is 32.9 Å². The zero-order valence-electron chi connectivity index (χ0n) is 14.9. The first-order valence-electron chi connectivity index (χ1n) is 8.11. The van der Waals surface area contributed by atoms with Gasteiger partial charge in [-0.25, -0.2) is 14.4 Å². The van der Waals surface area contributed by atoms with Crippen LogP contribution in [0, 0.1) is 12.7 Å². The number of ether oxygens (including phenoxy) is 1. The molecule has 1 aromatic heterocycles. The lowest BCUT2D eigenvalue weighted by Gasteiger charge is -2.18. The number of halogens is 1. The number of benzene rings is 1. The van der Waals surface area contributed by atoms with E-state index in [1.807, 2.05) is 34.0 Å². The van der Waals surface area contributed by atoms with E-state index in [1.165, 1.54) is 12.1 Å². The molecule has 0 radical (unpaired) electrons. The minimum absolute atomic E-state index is 0.0669. The van der Waals surface area contributed by atoms with Gasteiger partial charge in [-0.05, 0) is 31.5 Å². The summed E-state index contributed by atoms with van der Waals surface area (Å²) in [6.07, 6.45) is -0.348. The van der Waals surface area contributed by atoms with Crippen LogP contribution < -0.4 is 15.0 Å². The van der Waals surface area contributed by atoms with Crippen LogP contribution in [0.5, 0.6) is 5.75 Å². The Morgan fingerprint density at radius 3 is 2.68 bits per heavy atom. The third-order valence-electron chi connectivity index (χ3n) is 3.51. The molecule has 2 aromatic rings. The number of para-hydroxylation sites is 1. The van der Waals surface area contributed by atoms with Crippen LogP contribution in [0.3, 0.4) is 0 Å². The molecule has 1 amide bonds.